The standard InChI is InChI=1S/C7H4N2O6S/c10-7(11)4-1-3(16)2-5(8(12)13)6(4)9(14)15/h1-2,16H,(H,10,11). The third-order valence-electron chi connectivity index (χ3n) is 1.68. The van der Waals surface area contributed by atoms with Crippen LogP contribution in [0.3, 0.4) is 0 Å². The van der Waals surface area contributed by atoms with Crippen molar-refractivity contribution in [1.82, 2.24) is 0 Å². The molecule has 8 nitrogen and oxygen atoms in total. The Morgan fingerprint density at radius 1 is 1.25 bits per heavy atom. The molecule has 0 aromatic heterocycles. The maximum absolute atomic E-state index is 10.7. The number of thiol groups is 1. The number of hydrogen-bond donors (Lipinski definition) is 2. The van der Waals surface area contributed by atoms with Crippen LogP contribution in [0.5, 0.6) is 0 Å². The van der Waals surface area contributed by atoms with E-state index in [2.05, 4.69) is 12.6 Å². The van der Waals surface area contributed by atoms with Crippen LogP contribution in [0, 0.1) is 20.2 Å². The largest absolute Gasteiger partial charge is 0.477 e. The minimum absolute atomic E-state index is 0.0327. The summed E-state index contributed by atoms with van der Waals surface area (Å²) < 4.78 is 0. The van der Waals surface area contributed by atoms with E-state index >= 15 is 0 Å². The first-order chi connectivity index (χ1) is 7.34. The molecule has 0 amide bonds. The first kappa shape index (κ1) is 11.9. The lowest BCUT2D eigenvalue weighted by molar-refractivity contribution is -0.422. The zero-order valence-corrected chi connectivity index (χ0v) is 8.38. The molecule has 0 aliphatic rings. The number of benzene rings is 1. The number of carboxylic acids is 1. The zero-order chi connectivity index (χ0) is 12.5. The van der Waals surface area contributed by atoms with Gasteiger partial charge in [0.1, 0.15) is 5.56 Å². The van der Waals surface area contributed by atoms with Crippen LogP contribution in [0.2, 0.25) is 0 Å². The van der Waals surface area contributed by atoms with Crippen LogP contribution in [0.1, 0.15) is 10.4 Å². The zero-order valence-electron chi connectivity index (χ0n) is 7.48. The Balaban J connectivity index is 3.67. The minimum atomic E-state index is -1.62. The Hall–Kier alpha value is -2.16. The van der Waals surface area contributed by atoms with Gasteiger partial charge in [0.25, 0.3) is 0 Å². The summed E-state index contributed by atoms with van der Waals surface area (Å²) in [6, 6.07) is 1.71. The Kier molecular flexibility index (Phi) is 3.09. The van der Waals surface area contributed by atoms with Gasteiger partial charge in [0.15, 0.2) is 0 Å². The lowest BCUT2D eigenvalue weighted by Gasteiger charge is -2.00. The van der Waals surface area contributed by atoms with E-state index in [0.29, 0.717) is 0 Å². The molecule has 0 atom stereocenters. The maximum Gasteiger partial charge on any atom is 0.360 e. The van der Waals surface area contributed by atoms with Crippen molar-refractivity contribution < 1.29 is 19.7 Å². The monoisotopic (exact) mass is 244 g/mol. The van der Waals surface area contributed by atoms with E-state index in [1.807, 2.05) is 0 Å². The molecule has 0 saturated carbocycles. The lowest BCUT2D eigenvalue weighted by Crippen LogP contribution is -2.06. The molecule has 0 heterocycles. The third-order valence-corrected chi connectivity index (χ3v) is 1.94. The fourth-order valence-electron chi connectivity index (χ4n) is 1.10. The summed E-state index contributed by atoms with van der Waals surface area (Å²) in [6.07, 6.45) is 0. The Bertz CT molecular complexity index is 465. The van der Waals surface area contributed by atoms with Gasteiger partial charge in [-0.2, -0.15) is 0 Å². The second kappa shape index (κ2) is 4.14. The summed E-state index contributed by atoms with van der Waals surface area (Å²) in [5.41, 5.74) is -2.70. The van der Waals surface area contributed by atoms with Gasteiger partial charge >= 0.3 is 17.3 Å². The summed E-state index contributed by atoms with van der Waals surface area (Å²) >= 11 is 3.74. The van der Waals surface area contributed by atoms with Crippen molar-refractivity contribution in [2.45, 2.75) is 4.90 Å². The van der Waals surface area contributed by atoms with Crippen LogP contribution >= 0.6 is 12.6 Å². The van der Waals surface area contributed by atoms with Gasteiger partial charge in [0, 0.05) is 11.0 Å². The highest BCUT2D eigenvalue weighted by Gasteiger charge is 2.32. The van der Waals surface area contributed by atoms with Crippen LogP contribution in [-0.2, 0) is 0 Å². The topological polar surface area (TPSA) is 124 Å². The minimum Gasteiger partial charge on any atom is -0.477 e. The number of aromatic carboxylic acids is 1. The van der Waals surface area contributed by atoms with Gasteiger partial charge in [0.2, 0.25) is 0 Å². The molecular formula is C7H4N2O6S. The lowest BCUT2D eigenvalue weighted by atomic mass is 10.1. The number of carbonyl (C=O) groups is 1. The van der Waals surface area contributed by atoms with Crippen molar-refractivity contribution in [2.75, 3.05) is 0 Å². The fraction of sp³-hybridized carbons (Fsp3) is 0. The van der Waals surface area contributed by atoms with Crippen molar-refractivity contribution in [3.63, 3.8) is 0 Å². The third kappa shape index (κ3) is 2.08. The molecule has 0 fully saturated rings. The predicted molar refractivity (Wildman–Crippen MR) is 54.0 cm³/mol. The van der Waals surface area contributed by atoms with Gasteiger partial charge in [-0.1, -0.05) is 0 Å². The number of carboxylic acid groups (broad SMARTS) is 1. The van der Waals surface area contributed by atoms with Crippen LogP contribution in [0.4, 0.5) is 11.4 Å². The number of nitro groups is 2. The molecular weight excluding hydrogens is 240 g/mol. The molecule has 0 aliphatic carbocycles. The quantitative estimate of drug-likeness (QED) is 0.471. The summed E-state index contributed by atoms with van der Waals surface area (Å²) in [5.74, 6) is -1.62. The van der Waals surface area contributed by atoms with Crippen molar-refractivity contribution in [3.05, 3.63) is 37.9 Å². The number of hydrogen-bond acceptors (Lipinski definition) is 6. The van der Waals surface area contributed by atoms with Crippen molar-refractivity contribution in [1.29, 1.82) is 0 Å². The first-order valence-electron chi connectivity index (χ1n) is 3.73. The smallest absolute Gasteiger partial charge is 0.360 e. The van der Waals surface area contributed by atoms with Crippen LogP contribution in [0.15, 0.2) is 17.0 Å². The van der Waals surface area contributed by atoms with E-state index in [-0.39, 0.29) is 4.90 Å². The molecule has 1 aromatic rings. The van der Waals surface area contributed by atoms with Gasteiger partial charge in [0.05, 0.1) is 9.85 Å². The molecule has 0 radical (unpaired) electrons. The van der Waals surface area contributed by atoms with Gasteiger partial charge in [-0.25, -0.2) is 4.79 Å². The number of nitro benzene ring substituents is 2. The van der Waals surface area contributed by atoms with E-state index in [4.69, 9.17) is 5.11 Å². The van der Waals surface area contributed by atoms with Crippen molar-refractivity contribution in [3.8, 4) is 0 Å². The molecule has 84 valence electrons. The summed E-state index contributed by atoms with van der Waals surface area (Å²) in [5, 5.41) is 29.8. The van der Waals surface area contributed by atoms with Crippen molar-refractivity contribution >= 4 is 30.0 Å². The molecule has 1 rings (SSSR count). The van der Waals surface area contributed by atoms with Gasteiger partial charge in [-0.3, -0.25) is 20.2 Å². The normalized spacial score (nSPS) is 9.81. The van der Waals surface area contributed by atoms with Crippen molar-refractivity contribution in [2.24, 2.45) is 0 Å². The Morgan fingerprint density at radius 3 is 2.19 bits per heavy atom. The van der Waals surface area contributed by atoms with Crippen LogP contribution < -0.4 is 0 Å². The second-order valence-corrected chi connectivity index (χ2v) is 3.20. The molecule has 0 unspecified atom stereocenters. The highest BCUT2D eigenvalue weighted by molar-refractivity contribution is 7.80. The Morgan fingerprint density at radius 2 is 1.81 bits per heavy atom. The molecule has 1 N–H and O–H groups in total. The summed E-state index contributed by atoms with van der Waals surface area (Å²) in [6.45, 7) is 0. The SMILES string of the molecule is O=C(O)c1cc(S)cc([N+](=O)[O-])c1[N+](=O)[O-]. The molecule has 0 spiro atoms. The fourth-order valence-corrected chi connectivity index (χ4v) is 1.35. The maximum atomic E-state index is 10.7. The first-order valence-corrected chi connectivity index (χ1v) is 4.18. The average molecular weight is 244 g/mol. The van der Waals surface area contributed by atoms with Gasteiger partial charge in [-0.05, 0) is 6.07 Å². The molecule has 9 heteroatoms. The Labute approximate surface area is 93.2 Å². The van der Waals surface area contributed by atoms with E-state index < -0.39 is 32.8 Å². The summed E-state index contributed by atoms with van der Waals surface area (Å²) in [7, 11) is 0. The average Bonchev–Trinajstić information content (AvgIpc) is 2.15. The highest BCUT2D eigenvalue weighted by Crippen LogP contribution is 2.33. The van der Waals surface area contributed by atoms with E-state index in [1.165, 1.54) is 0 Å². The van der Waals surface area contributed by atoms with E-state index in [0.717, 1.165) is 12.1 Å². The van der Waals surface area contributed by atoms with E-state index in [1.54, 1.807) is 0 Å². The second-order valence-electron chi connectivity index (χ2n) is 2.68. The predicted octanol–water partition coefficient (Wildman–Crippen LogP) is 1.49. The highest BCUT2D eigenvalue weighted by atomic mass is 32.1. The molecule has 0 aliphatic heterocycles. The summed E-state index contributed by atoms with van der Waals surface area (Å²) in [4.78, 5) is 29.6. The molecule has 1 aromatic carbocycles. The van der Waals surface area contributed by atoms with E-state index in [9.17, 15) is 25.0 Å². The van der Waals surface area contributed by atoms with Gasteiger partial charge < -0.3 is 5.11 Å². The van der Waals surface area contributed by atoms with Gasteiger partial charge in [-0.15, -0.1) is 12.6 Å². The molecule has 16 heavy (non-hydrogen) atoms. The molecule has 0 saturated heterocycles. The number of rotatable bonds is 3. The van der Waals surface area contributed by atoms with Crippen LogP contribution in [0.25, 0.3) is 0 Å². The molecule has 0 bridgehead atoms. The number of nitrogens with zero attached hydrogens (tertiary/aromatic N) is 2. The van der Waals surface area contributed by atoms with Crippen LogP contribution in [-0.4, -0.2) is 20.9 Å².